The summed E-state index contributed by atoms with van der Waals surface area (Å²) < 4.78 is 77.2. The third-order valence-electron chi connectivity index (χ3n) is 7.37. The largest absolute Gasteiger partial charge is 0.493 e. The Balaban J connectivity index is 1.43. The second-order valence-corrected chi connectivity index (χ2v) is 9.87. The van der Waals surface area contributed by atoms with Crippen LogP contribution in [0.5, 0.6) is 5.75 Å². The van der Waals surface area contributed by atoms with Gasteiger partial charge in [-0.1, -0.05) is 44.7 Å². The summed E-state index contributed by atoms with van der Waals surface area (Å²) in [5.74, 6) is -4.01. The molecule has 0 amide bonds. The number of fused-ring (bicyclic) bond motifs is 3. The van der Waals surface area contributed by atoms with E-state index in [0.29, 0.717) is 29.0 Å². The predicted octanol–water partition coefficient (Wildman–Crippen LogP) is 9.34. The SMILES string of the molecule is CCCC1CCC(COc2cc(F)c3c(ccc4cc(-c5cc(F)c(F)c(F)c5)cc(F)c43)c2)CC1. The van der Waals surface area contributed by atoms with E-state index in [1.807, 2.05) is 0 Å². The molecule has 0 aromatic heterocycles. The molecule has 0 N–H and O–H groups in total. The van der Waals surface area contributed by atoms with E-state index in [1.54, 1.807) is 18.2 Å². The Morgan fingerprint density at radius 2 is 1.19 bits per heavy atom. The minimum Gasteiger partial charge on any atom is -0.493 e. The summed E-state index contributed by atoms with van der Waals surface area (Å²) in [6.45, 7) is 2.74. The van der Waals surface area contributed by atoms with Crippen molar-refractivity contribution in [1.29, 1.82) is 0 Å². The van der Waals surface area contributed by atoms with Gasteiger partial charge in [-0.3, -0.25) is 0 Å². The van der Waals surface area contributed by atoms with Crippen molar-refractivity contribution in [2.45, 2.75) is 45.4 Å². The molecular weight excluding hydrogens is 471 g/mol. The molecule has 188 valence electrons. The van der Waals surface area contributed by atoms with E-state index in [9.17, 15) is 13.2 Å². The molecule has 0 radical (unpaired) electrons. The molecule has 0 heterocycles. The van der Waals surface area contributed by atoms with Gasteiger partial charge in [0.15, 0.2) is 17.5 Å². The van der Waals surface area contributed by atoms with E-state index in [1.165, 1.54) is 37.8 Å². The van der Waals surface area contributed by atoms with Gasteiger partial charge in [-0.15, -0.1) is 0 Å². The van der Waals surface area contributed by atoms with Gasteiger partial charge >= 0.3 is 0 Å². The molecule has 0 spiro atoms. The molecule has 0 saturated heterocycles. The van der Waals surface area contributed by atoms with Crippen molar-refractivity contribution in [2.75, 3.05) is 6.61 Å². The zero-order chi connectivity index (χ0) is 25.4. The Hall–Kier alpha value is -3.15. The van der Waals surface area contributed by atoms with Crippen molar-refractivity contribution in [3.05, 3.63) is 77.6 Å². The molecule has 1 aliphatic rings. The molecule has 1 saturated carbocycles. The molecule has 1 fully saturated rings. The fraction of sp³-hybridized carbons (Fsp3) is 0.333. The Labute approximate surface area is 206 Å². The average Bonchev–Trinajstić information content (AvgIpc) is 2.86. The van der Waals surface area contributed by atoms with Crippen LogP contribution >= 0.6 is 0 Å². The van der Waals surface area contributed by atoms with Crippen molar-refractivity contribution in [1.82, 2.24) is 0 Å². The van der Waals surface area contributed by atoms with Crippen LogP contribution in [-0.4, -0.2) is 6.61 Å². The maximum atomic E-state index is 15.2. The smallest absolute Gasteiger partial charge is 0.194 e. The van der Waals surface area contributed by atoms with Gasteiger partial charge in [-0.25, -0.2) is 22.0 Å². The topological polar surface area (TPSA) is 9.23 Å². The molecule has 1 aliphatic carbocycles. The van der Waals surface area contributed by atoms with Crippen molar-refractivity contribution in [3.8, 4) is 16.9 Å². The zero-order valence-electron chi connectivity index (χ0n) is 20.0. The van der Waals surface area contributed by atoms with Gasteiger partial charge in [0.2, 0.25) is 0 Å². The summed E-state index contributed by atoms with van der Waals surface area (Å²) in [5.41, 5.74) is 0.145. The molecule has 0 unspecified atom stereocenters. The lowest BCUT2D eigenvalue weighted by Gasteiger charge is -2.28. The third kappa shape index (κ3) is 4.78. The standard InChI is InChI=1S/C30H27F5O/c1-2-3-17-4-6-18(7-5-17)16-36-23-11-20-9-8-19-10-21(22-13-26(33)30(35)27(34)14-22)12-24(31)28(19)29(20)25(32)15-23/h8-15,17-18H,2-7,16H2,1H3. The van der Waals surface area contributed by atoms with Crippen LogP contribution in [0.3, 0.4) is 0 Å². The van der Waals surface area contributed by atoms with Gasteiger partial charge in [-0.2, -0.15) is 0 Å². The molecule has 0 atom stereocenters. The normalized spacial score (nSPS) is 18.2. The van der Waals surface area contributed by atoms with Gasteiger partial charge in [0.25, 0.3) is 0 Å². The highest BCUT2D eigenvalue weighted by Gasteiger charge is 2.22. The second-order valence-electron chi connectivity index (χ2n) is 9.87. The number of halogens is 5. The minimum absolute atomic E-state index is 0.0137. The van der Waals surface area contributed by atoms with E-state index in [-0.39, 0.29) is 21.9 Å². The Morgan fingerprint density at radius 3 is 1.83 bits per heavy atom. The summed E-state index contributed by atoms with van der Waals surface area (Å²) in [6, 6.07) is 10.5. The fourth-order valence-electron chi connectivity index (χ4n) is 5.48. The van der Waals surface area contributed by atoms with Gasteiger partial charge in [0.1, 0.15) is 17.4 Å². The lowest BCUT2D eigenvalue weighted by atomic mass is 9.80. The molecule has 6 heteroatoms. The summed E-state index contributed by atoms with van der Waals surface area (Å²) >= 11 is 0. The Bertz CT molecular complexity index is 1400. The van der Waals surface area contributed by atoms with Crippen LogP contribution in [0.2, 0.25) is 0 Å². The summed E-state index contributed by atoms with van der Waals surface area (Å²) in [4.78, 5) is 0. The number of hydrogen-bond donors (Lipinski definition) is 0. The highest BCUT2D eigenvalue weighted by Crippen LogP contribution is 2.37. The van der Waals surface area contributed by atoms with E-state index >= 15 is 8.78 Å². The summed E-state index contributed by atoms with van der Waals surface area (Å²) in [7, 11) is 0. The lowest BCUT2D eigenvalue weighted by Crippen LogP contribution is -2.20. The number of benzene rings is 4. The minimum atomic E-state index is -1.59. The van der Waals surface area contributed by atoms with Crippen molar-refractivity contribution in [2.24, 2.45) is 11.8 Å². The quantitative estimate of drug-likeness (QED) is 0.146. The molecule has 0 bridgehead atoms. The number of hydrogen-bond acceptors (Lipinski definition) is 1. The Morgan fingerprint density at radius 1 is 0.667 bits per heavy atom. The molecule has 0 aliphatic heterocycles. The highest BCUT2D eigenvalue weighted by atomic mass is 19.2. The van der Waals surface area contributed by atoms with Gasteiger partial charge in [0, 0.05) is 16.8 Å². The first-order valence-electron chi connectivity index (χ1n) is 12.5. The average molecular weight is 499 g/mol. The van der Waals surface area contributed by atoms with Gasteiger partial charge < -0.3 is 4.74 Å². The van der Waals surface area contributed by atoms with Crippen LogP contribution in [0.15, 0.2) is 48.5 Å². The summed E-state index contributed by atoms with van der Waals surface area (Å²) in [5, 5.41) is 1.03. The predicted molar refractivity (Wildman–Crippen MR) is 133 cm³/mol. The van der Waals surface area contributed by atoms with Crippen LogP contribution in [-0.2, 0) is 0 Å². The highest BCUT2D eigenvalue weighted by molar-refractivity contribution is 6.09. The van der Waals surface area contributed by atoms with Gasteiger partial charge in [-0.05, 0) is 76.9 Å². The molecule has 4 aromatic rings. The summed E-state index contributed by atoms with van der Waals surface area (Å²) in [6.07, 6.45) is 7.12. The van der Waals surface area contributed by atoms with E-state index < -0.39 is 29.1 Å². The van der Waals surface area contributed by atoms with Crippen LogP contribution in [0.25, 0.3) is 32.7 Å². The van der Waals surface area contributed by atoms with Crippen LogP contribution in [0.4, 0.5) is 22.0 Å². The van der Waals surface area contributed by atoms with Crippen molar-refractivity contribution in [3.63, 3.8) is 0 Å². The number of ether oxygens (including phenoxy) is 1. The third-order valence-corrected chi connectivity index (χ3v) is 7.37. The Kier molecular flexibility index (Phi) is 6.87. The number of rotatable bonds is 6. The van der Waals surface area contributed by atoms with Crippen LogP contribution < -0.4 is 4.74 Å². The molecule has 5 rings (SSSR count). The first kappa shape index (κ1) is 24.5. The van der Waals surface area contributed by atoms with E-state index in [0.717, 1.165) is 37.0 Å². The monoisotopic (exact) mass is 498 g/mol. The first-order chi connectivity index (χ1) is 17.3. The molecular formula is C30H27F5O. The zero-order valence-corrected chi connectivity index (χ0v) is 20.0. The van der Waals surface area contributed by atoms with Crippen LogP contribution in [0.1, 0.15) is 45.4 Å². The van der Waals surface area contributed by atoms with E-state index in [2.05, 4.69) is 6.92 Å². The molecule has 36 heavy (non-hydrogen) atoms. The lowest BCUT2D eigenvalue weighted by molar-refractivity contribution is 0.178. The first-order valence-corrected chi connectivity index (χ1v) is 12.5. The maximum Gasteiger partial charge on any atom is 0.194 e. The van der Waals surface area contributed by atoms with E-state index in [4.69, 9.17) is 4.74 Å². The van der Waals surface area contributed by atoms with Crippen LogP contribution in [0, 0.1) is 40.9 Å². The van der Waals surface area contributed by atoms with Crippen molar-refractivity contribution >= 4 is 21.5 Å². The maximum absolute atomic E-state index is 15.2. The second kappa shape index (κ2) is 10.1. The van der Waals surface area contributed by atoms with Crippen molar-refractivity contribution < 1.29 is 26.7 Å². The van der Waals surface area contributed by atoms with Gasteiger partial charge in [0.05, 0.1) is 6.61 Å². The fourth-order valence-corrected chi connectivity index (χ4v) is 5.48. The molecule has 1 nitrogen and oxygen atoms in total. The molecule has 4 aromatic carbocycles.